The van der Waals surface area contributed by atoms with Gasteiger partial charge in [0.1, 0.15) is 0 Å². The highest BCUT2D eigenvalue weighted by molar-refractivity contribution is 6.33. The smallest absolute Gasteiger partial charge is 0.239 e. The van der Waals surface area contributed by atoms with Crippen molar-refractivity contribution >= 4 is 23.2 Å². The van der Waals surface area contributed by atoms with E-state index in [1.54, 1.807) is 0 Å². The monoisotopic (exact) mass is 316 g/mol. The molecule has 116 valence electrons. The minimum Gasteiger partial charge on any atom is -0.375 e. The van der Waals surface area contributed by atoms with E-state index in [0.29, 0.717) is 11.6 Å². The first-order valence-electron chi connectivity index (χ1n) is 7.37. The van der Waals surface area contributed by atoms with Crippen LogP contribution in [0.5, 0.6) is 0 Å². The predicted octanol–water partition coefficient (Wildman–Crippen LogP) is 3.73. The van der Waals surface area contributed by atoms with Crippen LogP contribution in [0, 0.1) is 13.8 Å². The van der Waals surface area contributed by atoms with Crippen molar-refractivity contribution in [2.45, 2.75) is 20.3 Å². The molecule has 1 amide bonds. The summed E-state index contributed by atoms with van der Waals surface area (Å²) in [4.78, 5) is 11.9. The summed E-state index contributed by atoms with van der Waals surface area (Å²) in [5.74, 6) is -0.0368. The Morgan fingerprint density at radius 3 is 2.64 bits per heavy atom. The molecule has 0 aliphatic heterocycles. The van der Waals surface area contributed by atoms with Gasteiger partial charge in [-0.25, -0.2) is 0 Å². The van der Waals surface area contributed by atoms with E-state index in [-0.39, 0.29) is 12.5 Å². The molecule has 2 rings (SSSR count). The van der Waals surface area contributed by atoms with Gasteiger partial charge in [-0.2, -0.15) is 0 Å². The maximum Gasteiger partial charge on any atom is 0.239 e. The summed E-state index contributed by atoms with van der Waals surface area (Å²) >= 11 is 6.12. The Labute approximate surface area is 136 Å². The fourth-order valence-electron chi connectivity index (χ4n) is 2.23. The molecule has 4 heteroatoms. The number of carbonyl (C=O) groups excluding carboxylic acids is 1. The van der Waals surface area contributed by atoms with Crippen LogP contribution >= 0.6 is 11.6 Å². The minimum atomic E-state index is -0.0368. The molecule has 2 N–H and O–H groups in total. The van der Waals surface area contributed by atoms with Crippen molar-refractivity contribution in [1.29, 1.82) is 0 Å². The summed E-state index contributed by atoms with van der Waals surface area (Å²) in [5, 5.41) is 6.60. The number of hydrogen-bond donors (Lipinski definition) is 2. The molecular weight excluding hydrogens is 296 g/mol. The molecule has 22 heavy (non-hydrogen) atoms. The van der Waals surface area contributed by atoms with Gasteiger partial charge in [0, 0.05) is 6.54 Å². The van der Waals surface area contributed by atoms with Crippen molar-refractivity contribution in [3.05, 3.63) is 64.2 Å². The van der Waals surface area contributed by atoms with Crippen molar-refractivity contribution in [2.75, 3.05) is 18.4 Å². The van der Waals surface area contributed by atoms with Crippen LogP contribution in [0.4, 0.5) is 5.69 Å². The molecule has 0 aromatic heterocycles. The van der Waals surface area contributed by atoms with Crippen LogP contribution in [-0.2, 0) is 11.2 Å². The summed E-state index contributed by atoms with van der Waals surface area (Å²) in [7, 11) is 0. The SMILES string of the molecule is Cc1ccc(NCC(=O)NCCc2ccccc2C)c(Cl)c1. The van der Waals surface area contributed by atoms with Gasteiger partial charge in [-0.15, -0.1) is 0 Å². The number of carbonyl (C=O) groups is 1. The standard InChI is InChI=1S/C18H21ClN2O/c1-13-7-8-17(16(19)11-13)21-12-18(22)20-10-9-15-6-4-3-5-14(15)2/h3-8,11,21H,9-10,12H2,1-2H3,(H,20,22). The van der Waals surface area contributed by atoms with Gasteiger partial charge >= 0.3 is 0 Å². The van der Waals surface area contributed by atoms with Crippen LogP contribution in [0.1, 0.15) is 16.7 Å². The molecule has 0 heterocycles. The molecule has 0 aliphatic carbocycles. The van der Waals surface area contributed by atoms with Crippen molar-refractivity contribution in [3.63, 3.8) is 0 Å². The Hall–Kier alpha value is -2.00. The fourth-order valence-corrected chi connectivity index (χ4v) is 2.53. The summed E-state index contributed by atoms with van der Waals surface area (Å²) in [6, 6.07) is 13.9. The number of rotatable bonds is 6. The number of amides is 1. The average Bonchev–Trinajstić information content (AvgIpc) is 2.48. The summed E-state index contributed by atoms with van der Waals surface area (Å²) in [6.07, 6.45) is 0.837. The molecule has 0 saturated carbocycles. The predicted molar refractivity (Wildman–Crippen MR) is 92.6 cm³/mol. The number of anilines is 1. The normalized spacial score (nSPS) is 10.3. The van der Waals surface area contributed by atoms with E-state index in [1.807, 2.05) is 37.3 Å². The second-order valence-electron chi connectivity index (χ2n) is 5.36. The lowest BCUT2D eigenvalue weighted by Gasteiger charge is -2.10. The Kier molecular flexibility index (Phi) is 5.84. The molecule has 0 atom stereocenters. The molecule has 2 aromatic rings. The Morgan fingerprint density at radius 1 is 1.14 bits per heavy atom. The topological polar surface area (TPSA) is 41.1 Å². The zero-order valence-electron chi connectivity index (χ0n) is 12.9. The first-order valence-corrected chi connectivity index (χ1v) is 7.75. The largest absolute Gasteiger partial charge is 0.375 e. The number of halogens is 1. The Bertz CT molecular complexity index is 655. The van der Waals surface area contributed by atoms with Gasteiger partial charge in [-0.1, -0.05) is 41.9 Å². The third-order valence-electron chi connectivity index (χ3n) is 3.54. The van der Waals surface area contributed by atoms with Crippen LogP contribution in [0.2, 0.25) is 5.02 Å². The molecule has 0 unspecified atom stereocenters. The Balaban J connectivity index is 1.75. The van der Waals surface area contributed by atoms with Crippen LogP contribution in [0.3, 0.4) is 0 Å². The van der Waals surface area contributed by atoms with Gasteiger partial charge in [0.2, 0.25) is 5.91 Å². The maximum absolute atomic E-state index is 11.9. The molecule has 3 nitrogen and oxygen atoms in total. The quantitative estimate of drug-likeness (QED) is 0.852. The highest BCUT2D eigenvalue weighted by Crippen LogP contribution is 2.22. The average molecular weight is 317 g/mol. The molecule has 0 radical (unpaired) electrons. The van der Waals surface area contributed by atoms with Crippen LogP contribution in [-0.4, -0.2) is 19.0 Å². The lowest BCUT2D eigenvalue weighted by atomic mass is 10.1. The van der Waals surface area contributed by atoms with E-state index in [0.717, 1.165) is 17.7 Å². The van der Waals surface area contributed by atoms with Gasteiger partial charge in [0.05, 0.1) is 17.3 Å². The first kappa shape index (κ1) is 16.4. The van der Waals surface area contributed by atoms with E-state index in [2.05, 4.69) is 29.7 Å². The Morgan fingerprint density at radius 2 is 1.91 bits per heavy atom. The first-order chi connectivity index (χ1) is 10.6. The highest BCUT2D eigenvalue weighted by atomic mass is 35.5. The van der Waals surface area contributed by atoms with Crippen molar-refractivity contribution in [3.8, 4) is 0 Å². The van der Waals surface area contributed by atoms with E-state index in [1.165, 1.54) is 11.1 Å². The minimum absolute atomic E-state index is 0.0368. The summed E-state index contributed by atoms with van der Waals surface area (Å²) in [5.41, 5.74) is 4.39. The van der Waals surface area contributed by atoms with Crippen LogP contribution < -0.4 is 10.6 Å². The third-order valence-corrected chi connectivity index (χ3v) is 3.85. The van der Waals surface area contributed by atoms with E-state index < -0.39 is 0 Å². The summed E-state index contributed by atoms with van der Waals surface area (Å²) in [6.45, 7) is 4.91. The second-order valence-corrected chi connectivity index (χ2v) is 5.77. The maximum atomic E-state index is 11.9. The van der Waals surface area contributed by atoms with Crippen LogP contribution in [0.25, 0.3) is 0 Å². The van der Waals surface area contributed by atoms with E-state index in [9.17, 15) is 4.79 Å². The molecule has 0 spiro atoms. The number of benzene rings is 2. The van der Waals surface area contributed by atoms with Crippen molar-refractivity contribution in [1.82, 2.24) is 5.32 Å². The molecule has 2 aromatic carbocycles. The van der Waals surface area contributed by atoms with E-state index >= 15 is 0 Å². The molecule has 0 saturated heterocycles. The molecule has 0 aliphatic rings. The third kappa shape index (κ3) is 4.78. The van der Waals surface area contributed by atoms with Gasteiger partial charge < -0.3 is 10.6 Å². The molecular formula is C18H21ClN2O. The lowest BCUT2D eigenvalue weighted by molar-refractivity contribution is -0.119. The van der Waals surface area contributed by atoms with Crippen molar-refractivity contribution < 1.29 is 4.79 Å². The second kappa shape index (κ2) is 7.85. The van der Waals surface area contributed by atoms with Gasteiger partial charge in [-0.3, -0.25) is 4.79 Å². The molecule has 0 fully saturated rings. The van der Waals surface area contributed by atoms with Crippen molar-refractivity contribution in [2.24, 2.45) is 0 Å². The lowest BCUT2D eigenvalue weighted by Crippen LogP contribution is -2.31. The zero-order chi connectivity index (χ0) is 15.9. The van der Waals surface area contributed by atoms with Crippen LogP contribution in [0.15, 0.2) is 42.5 Å². The van der Waals surface area contributed by atoms with E-state index in [4.69, 9.17) is 11.6 Å². The molecule has 0 bridgehead atoms. The number of hydrogen-bond acceptors (Lipinski definition) is 2. The number of nitrogens with one attached hydrogen (secondary N) is 2. The van der Waals surface area contributed by atoms with Gasteiger partial charge in [-0.05, 0) is 49.1 Å². The zero-order valence-corrected chi connectivity index (χ0v) is 13.7. The fraction of sp³-hybridized carbons (Fsp3) is 0.278. The summed E-state index contributed by atoms with van der Waals surface area (Å²) < 4.78 is 0. The number of aryl methyl sites for hydroxylation is 2. The highest BCUT2D eigenvalue weighted by Gasteiger charge is 2.04. The van der Waals surface area contributed by atoms with Gasteiger partial charge in [0.15, 0.2) is 0 Å². The van der Waals surface area contributed by atoms with Gasteiger partial charge in [0.25, 0.3) is 0 Å².